The van der Waals surface area contributed by atoms with E-state index in [2.05, 4.69) is 5.32 Å². The number of para-hydroxylation sites is 1. The first-order chi connectivity index (χ1) is 13.1. The van der Waals surface area contributed by atoms with Crippen LogP contribution in [-0.4, -0.2) is 12.4 Å². The summed E-state index contributed by atoms with van der Waals surface area (Å²) >= 11 is 6.39. The molecular formula is C22H20ClN3O. The maximum absolute atomic E-state index is 7.39. The molecule has 136 valence electrons. The Kier molecular flexibility index (Phi) is 6.13. The Morgan fingerprint density at radius 1 is 0.889 bits per heavy atom. The van der Waals surface area contributed by atoms with Crippen molar-refractivity contribution in [3.05, 3.63) is 96.1 Å². The summed E-state index contributed by atoms with van der Waals surface area (Å²) in [5.41, 5.74) is 8.01. The normalized spacial score (nSPS) is 11.1. The predicted octanol–water partition coefficient (Wildman–Crippen LogP) is 5.45. The van der Waals surface area contributed by atoms with Gasteiger partial charge in [0.15, 0.2) is 0 Å². The number of nitrogens with two attached hydrogens (primary N) is 1. The molecule has 0 aliphatic heterocycles. The standard InChI is InChI=1S/C22H20ClN3O/c23-21(14-15-26-18-10-6-17(7-11-18)22(24)25)16-8-12-20(13-9-16)27-19-4-2-1-3-5-19/h1-14,26H,15H2,(H3,24,25)/b21-14-. The second kappa shape index (κ2) is 8.92. The van der Waals surface area contributed by atoms with E-state index in [4.69, 9.17) is 27.5 Å². The highest BCUT2D eigenvalue weighted by Gasteiger charge is 2.01. The number of nitrogen functional groups attached to an aromatic ring is 1. The highest BCUT2D eigenvalue weighted by molar-refractivity contribution is 6.48. The van der Waals surface area contributed by atoms with Crippen LogP contribution in [0.3, 0.4) is 0 Å². The first-order valence-corrected chi connectivity index (χ1v) is 8.87. The Balaban J connectivity index is 1.56. The van der Waals surface area contributed by atoms with Gasteiger partial charge in [-0.15, -0.1) is 0 Å². The lowest BCUT2D eigenvalue weighted by molar-refractivity contribution is 0.482. The van der Waals surface area contributed by atoms with Crippen LogP contribution in [0, 0.1) is 5.41 Å². The molecule has 0 radical (unpaired) electrons. The van der Waals surface area contributed by atoms with Crippen molar-refractivity contribution in [3.63, 3.8) is 0 Å². The maximum atomic E-state index is 7.39. The third-order valence-corrected chi connectivity index (χ3v) is 4.26. The second-order valence-corrected chi connectivity index (χ2v) is 6.27. The van der Waals surface area contributed by atoms with Crippen LogP contribution in [0.25, 0.3) is 5.03 Å². The molecule has 0 fully saturated rings. The van der Waals surface area contributed by atoms with Crippen LogP contribution in [0.1, 0.15) is 11.1 Å². The molecule has 3 aromatic rings. The molecule has 0 bridgehead atoms. The van der Waals surface area contributed by atoms with Gasteiger partial charge in [-0.25, -0.2) is 0 Å². The predicted molar refractivity (Wildman–Crippen MR) is 113 cm³/mol. The van der Waals surface area contributed by atoms with Gasteiger partial charge in [0, 0.05) is 22.8 Å². The van der Waals surface area contributed by atoms with Crippen molar-refractivity contribution in [3.8, 4) is 11.5 Å². The SMILES string of the molecule is N=C(N)c1ccc(NC/C=C(\Cl)c2ccc(Oc3ccccc3)cc2)cc1. The quantitative estimate of drug-likeness (QED) is 0.378. The molecule has 3 rings (SSSR count). The molecule has 0 spiro atoms. The summed E-state index contributed by atoms with van der Waals surface area (Å²) in [5, 5.41) is 11.3. The third kappa shape index (κ3) is 5.36. The number of hydrogen-bond acceptors (Lipinski definition) is 3. The van der Waals surface area contributed by atoms with Gasteiger partial charge >= 0.3 is 0 Å². The first kappa shape index (κ1) is 18.5. The lowest BCUT2D eigenvalue weighted by Gasteiger charge is -2.07. The number of benzene rings is 3. The molecule has 0 amide bonds. The van der Waals surface area contributed by atoms with E-state index in [1.54, 1.807) is 12.1 Å². The largest absolute Gasteiger partial charge is 0.457 e. The average Bonchev–Trinajstić information content (AvgIpc) is 2.69. The van der Waals surface area contributed by atoms with E-state index >= 15 is 0 Å². The topological polar surface area (TPSA) is 71.1 Å². The van der Waals surface area contributed by atoms with Gasteiger partial charge in [-0.3, -0.25) is 5.41 Å². The van der Waals surface area contributed by atoms with E-state index in [0.29, 0.717) is 17.1 Å². The molecule has 27 heavy (non-hydrogen) atoms. The summed E-state index contributed by atoms with van der Waals surface area (Å²) in [6, 6.07) is 24.7. The van der Waals surface area contributed by atoms with Crippen molar-refractivity contribution in [2.45, 2.75) is 0 Å². The van der Waals surface area contributed by atoms with Crippen molar-refractivity contribution in [2.24, 2.45) is 5.73 Å². The average molecular weight is 378 g/mol. The molecule has 0 saturated heterocycles. The minimum absolute atomic E-state index is 0.0594. The Hall–Kier alpha value is -3.24. The van der Waals surface area contributed by atoms with Gasteiger partial charge < -0.3 is 15.8 Å². The summed E-state index contributed by atoms with van der Waals surface area (Å²) in [5.74, 6) is 1.62. The number of halogens is 1. The van der Waals surface area contributed by atoms with Crippen LogP contribution < -0.4 is 15.8 Å². The third-order valence-electron chi connectivity index (χ3n) is 3.89. The fourth-order valence-corrected chi connectivity index (χ4v) is 2.65. The van der Waals surface area contributed by atoms with E-state index in [1.807, 2.05) is 72.8 Å². The van der Waals surface area contributed by atoms with Crippen LogP contribution in [0.2, 0.25) is 0 Å². The summed E-state index contributed by atoms with van der Waals surface area (Å²) in [7, 11) is 0. The van der Waals surface area contributed by atoms with E-state index in [-0.39, 0.29) is 5.84 Å². The molecule has 3 aromatic carbocycles. The number of anilines is 1. The van der Waals surface area contributed by atoms with Crippen LogP contribution in [0.4, 0.5) is 5.69 Å². The van der Waals surface area contributed by atoms with Gasteiger partial charge in [0.25, 0.3) is 0 Å². The lowest BCUT2D eigenvalue weighted by atomic mass is 10.2. The number of nitrogens with one attached hydrogen (secondary N) is 2. The van der Waals surface area contributed by atoms with Crippen LogP contribution in [-0.2, 0) is 0 Å². The molecule has 0 aliphatic carbocycles. The number of amidine groups is 1. The Bertz CT molecular complexity index is 920. The highest BCUT2D eigenvalue weighted by Crippen LogP contribution is 2.25. The summed E-state index contributed by atoms with van der Waals surface area (Å²) in [4.78, 5) is 0. The fourth-order valence-electron chi connectivity index (χ4n) is 2.45. The molecule has 4 N–H and O–H groups in total. The minimum atomic E-state index is 0.0594. The van der Waals surface area contributed by atoms with Gasteiger partial charge in [-0.1, -0.05) is 29.8 Å². The molecule has 4 nitrogen and oxygen atoms in total. The number of hydrogen-bond donors (Lipinski definition) is 3. The fraction of sp³-hybridized carbons (Fsp3) is 0.0455. The van der Waals surface area contributed by atoms with Crippen molar-refractivity contribution in [1.82, 2.24) is 0 Å². The zero-order chi connectivity index (χ0) is 19.1. The highest BCUT2D eigenvalue weighted by atomic mass is 35.5. The first-order valence-electron chi connectivity index (χ1n) is 8.49. The minimum Gasteiger partial charge on any atom is -0.457 e. The van der Waals surface area contributed by atoms with Gasteiger partial charge in [-0.05, 0) is 72.3 Å². The molecule has 0 saturated carbocycles. The smallest absolute Gasteiger partial charge is 0.127 e. The van der Waals surface area contributed by atoms with Crippen LogP contribution >= 0.6 is 11.6 Å². The van der Waals surface area contributed by atoms with Crippen LogP contribution in [0.15, 0.2) is 84.9 Å². The van der Waals surface area contributed by atoms with E-state index in [9.17, 15) is 0 Å². The molecular weight excluding hydrogens is 358 g/mol. The monoisotopic (exact) mass is 377 g/mol. The Morgan fingerprint density at radius 3 is 2.11 bits per heavy atom. The van der Waals surface area contributed by atoms with Crippen LogP contribution in [0.5, 0.6) is 11.5 Å². The van der Waals surface area contributed by atoms with E-state index in [0.717, 1.165) is 22.7 Å². The Labute approximate surface area is 163 Å². The van der Waals surface area contributed by atoms with Crippen molar-refractivity contribution >= 4 is 28.2 Å². The van der Waals surface area contributed by atoms with Gasteiger partial charge in [0.2, 0.25) is 0 Å². The number of ether oxygens (including phenoxy) is 1. The van der Waals surface area contributed by atoms with E-state index < -0.39 is 0 Å². The summed E-state index contributed by atoms with van der Waals surface area (Å²) in [6.07, 6.45) is 1.91. The van der Waals surface area contributed by atoms with Gasteiger partial charge in [0.1, 0.15) is 17.3 Å². The Morgan fingerprint density at radius 2 is 1.48 bits per heavy atom. The maximum Gasteiger partial charge on any atom is 0.127 e. The lowest BCUT2D eigenvalue weighted by Crippen LogP contribution is -2.10. The zero-order valence-electron chi connectivity index (χ0n) is 14.7. The molecule has 0 heterocycles. The molecule has 0 atom stereocenters. The van der Waals surface area contributed by atoms with Crippen molar-refractivity contribution in [1.29, 1.82) is 5.41 Å². The molecule has 0 aliphatic rings. The zero-order valence-corrected chi connectivity index (χ0v) is 15.4. The second-order valence-electron chi connectivity index (χ2n) is 5.86. The van der Waals surface area contributed by atoms with Crippen molar-refractivity contribution in [2.75, 3.05) is 11.9 Å². The summed E-state index contributed by atoms with van der Waals surface area (Å²) < 4.78 is 5.78. The molecule has 5 heteroatoms. The van der Waals surface area contributed by atoms with E-state index in [1.165, 1.54) is 0 Å². The van der Waals surface area contributed by atoms with Gasteiger partial charge in [-0.2, -0.15) is 0 Å². The molecule has 0 unspecified atom stereocenters. The van der Waals surface area contributed by atoms with Gasteiger partial charge in [0.05, 0.1) is 0 Å². The molecule has 0 aromatic heterocycles. The summed E-state index contributed by atoms with van der Waals surface area (Å²) in [6.45, 7) is 0.584. The van der Waals surface area contributed by atoms with Crippen molar-refractivity contribution < 1.29 is 4.74 Å². The number of rotatable bonds is 7.